The molecule has 2 aromatic rings. The van der Waals surface area contributed by atoms with Crippen molar-refractivity contribution in [1.82, 2.24) is 0 Å². The lowest BCUT2D eigenvalue weighted by Crippen LogP contribution is -2.21. The summed E-state index contributed by atoms with van der Waals surface area (Å²) in [5.74, 6) is 0.0332. The fourth-order valence-electron chi connectivity index (χ4n) is 2.23. The van der Waals surface area contributed by atoms with Gasteiger partial charge in [0, 0.05) is 23.5 Å². The van der Waals surface area contributed by atoms with E-state index in [4.69, 9.17) is 17.2 Å². The Hall–Kier alpha value is -3.06. The second-order valence-electron chi connectivity index (χ2n) is 5.58. The fourth-order valence-corrected chi connectivity index (χ4v) is 2.23. The zero-order chi connectivity index (χ0) is 18.1. The lowest BCUT2D eigenvalue weighted by Gasteiger charge is -2.09. The Morgan fingerprint density at radius 3 is 2.00 bits per heavy atom. The van der Waals surface area contributed by atoms with E-state index >= 15 is 0 Å². The predicted octanol–water partition coefficient (Wildman–Crippen LogP) is 2.40. The van der Waals surface area contributed by atoms with E-state index in [9.17, 15) is 4.79 Å². The normalized spacial score (nSPS) is 10.1. The van der Waals surface area contributed by atoms with Crippen molar-refractivity contribution >= 4 is 34.6 Å². The van der Waals surface area contributed by atoms with Crippen molar-refractivity contribution in [3.63, 3.8) is 0 Å². The lowest BCUT2D eigenvalue weighted by molar-refractivity contribution is -0.116. The molecule has 0 unspecified atom stereocenters. The van der Waals surface area contributed by atoms with Crippen LogP contribution < -0.4 is 27.8 Å². The zero-order valence-corrected chi connectivity index (χ0v) is 14.0. The molecule has 0 aliphatic heterocycles. The summed E-state index contributed by atoms with van der Waals surface area (Å²) in [5.41, 5.74) is 19.4. The number of guanidine groups is 1. The predicted molar refractivity (Wildman–Crippen MR) is 103 cm³/mol. The summed E-state index contributed by atoms with van der Waals surface area (Å²) in [6.45, 7) is 0.612. The summed E-state index contributed by atoms with van der Waals surface area (Å²) in [7, 11) is 0. The molecule has 25 heavy (non-hydrogen) atoms. The molecule has 0 fully saturated rings. The summed E-state index contributed by atoms with van der Waals surface area (Å²) < 4.78 is 0. The molecule has 0 saturated carbocycles. The summed E-state index contributed by atoms with van der Waals surface area (Å²) in [6, 6.07) is 14.9. The van der Waals surface area contributed by atoms with Crippen molar-refractivity contribution in [2.75, 3.05) is 17.2 Å². The highest BCUT2D eigenvalue weighted by Gasteiger charge is 2.02. The Morgan fingerprint density at radius 2 is 1.44 bits per heavy atom. The van der Waals surface area contributed by atoms with Gasteiger partial charge in [0.2, 0.25) is 5.91 Å². The second kappa shape index (κ2) is 9.29. The van der Waals surface area contributed by atoms with Gasteiger partial charge in [-0.05, 0) is 67.9 Å². The second-order valence-corrected chi connectivity index (χ2v) is 5.58. The third kappa shape index (κ3) is 6.52. The van der Waals surface area contributed by atoms with Crippen LogP contribution in [-0.2, 0) is 4.79 Å². The van der Waals surface area contributed by atoms with Gasteiger partial charge >= 0.3 is 0 Å². The number of nitrogens with one attached hydrogen (secondary N) is 2. The first-order valence-corrected chi connectivity index (χ1v) is 8.13. The van der Waals surface area contributed by atoms with Gasteiger partial charge in [0.25, 0.3) is 0 Å². The molecule has 132 valence electrons. The average molecular weight is 340 g/mol. The molecular formula is C18H24N6O. The van der Waals surface area contributed by atoms with Gasteiger partial charge in [0.05, 0.1) is 5.69 Å². The smallest absolute Gasteiger partial charge is 0.224 e. The van der Waals surface area contributed by atoms with Crippen molar-refractivity contribution in [3.8, 4) is 0 Å². The number of carbonyl (C=O) groups excluding carboxylic acids is 1. The van der Waals surface area contributed by atoms with Gasteiger partial charge in [0.15, 0.2) is 5.96 Å². The number of hydrogen-bond donors (Lipinski definition) is 5. The van der Waals surface area contributed by atoms with E-state index in [0.29, 0.717) is 18.7 Å². The summed E-state index contributed by atoms with van der Waals surface area (Å²) >= 11 is 0. The summed E-state index contributed by atoms with van der Waals surface area (Å²) in [5, 5.41) is 6.14. The van der Waals surface area contributed by atoms with Gasteiger partial charge in [-0.15, -0.1) is 0 Å². The van der Waals surface area contributed by atoms with Gasteiger partial charge in [-0.3, -0.25) is 4.79 Å². The van der Waals surface area contributed by atoms with Crippen LogP contribution >= 0.6 is 0 Å². The van der Waals surface area contributed by atoms with Crippen LogP contribution in [0.1, 0.15) is 19.3 Å². The number of carbonyl (C=O) groups is 1. The van der Waals surface area contributed by atoms with Crippen LogP contribution in [0.4, 0.5) is 22.7 Å². The van der Waals surface area contributed by atoms with E-state index in [1.165, 1.54) is 0 Å². The van der Waals surface area contributed by atoms with E-state index in [0.717, 1.165) is 29.9 Å². The van der Waals surface area contributed by atoms with Gasteiger partial charge < -0.3 is 27.8 Å². The number of amides is 1. The van der Waals surface area contributed by atoms with Crippen LogP contribution in [0.2, 0.25) is 0 Å². The number of hydrogen-bond acceptors (Lipinski definition) is 4. The average Bonchev–Trinajstić information content (AvgIpc) is 2.58. The first-order chi connectivity index (χ1) is 12.1. The third-order valence-corrected chi connectivity index (χ3v) is 3.44. The lowest BCUT2D eigenvalue weighted by atomic mass is 10.2. The van der Waals surface area contributed by atoms with Crippen LogP contribution in [0.15, 0.2) is 53.5 Å². The quantitative estimate of drug-likeness (QED) is 0.286. The standard InChI is InChI=1S/C18H24N6O/c19-12-2-1-3-17(25)23-15-8-4-13(5-9-15)22-14-6-10-16(11-7-14)24-18(20)21/h4-11,22H,1-3,12,19H2,(H,23,25)(H4,20,21,24). The largest absolute Gasteiger partial charge is 0.370 e. The molecule has 0 heterocycles. The van der Waals surface area contributed by atoms with Gasteiger partial charge in [-0.25, -0.2) is 4.99 Å². The third-order valence-electron chi connectivity index (χ3n) is 3.44. The van der Waals surface area contributed by atoms with E-state index in [1.807, 2.05) is 48.5 Å². The molecule has 0 radical (unpaired) electrons. The van der Waals surface area contributed by atoms with Crippen LogP contribution in [0.3, 0.4) is 0 Å². The van der Waals surface area contributed by atoms with E-state index in [1.54, 1.807) is 0 Å². The number of rotatable bonds is 8. The molecule has 0 aliphatic rings. The number of benzene rings is 2. The van der Waals surface area contributed by atoms with Crippen LogP contribution in [0, 0.1) is 0 Å². The molecule has 0 bridgehead atoms. The molecule has 0 spiro atoms. The fraction of sp³-hybridized carbons (Fsp3) is 0.222. The van der Waals surface area contributed by atoms with Crippen molar-refractivity contribution in [3.05, 3.63) is 48.5 Å². The highest BCUT2D eigenvalue weighted by atomic mass is 16.1. The maximum Gasteiger partial charge on any atom is 0.224 e. The van der Waals surface area contributed by atoms with Crippen molar-refractivity contribution in [1.29, 1.82) is 0 Å². The molecule has 0 atom stereocenters. The van der Waals surface area contributed by atoms with E-state index in [2.05, 4.69) is 15.6 Å². The zero-order valence-electron chi connectivity index (χ0n) is 14.0. The minimum atomic E-state index is 0.00415. The highest BCUT2D eigenvalue weighted by molar-refractivity contribution is 5.90. The van der Waals surface area contributed by atoms with Crippen LogP contribution in [0.25, 0.3) is 0 Å². The summed E-state index contributed by atoms with van der Waals surface area (Å²) in [6.07, 6.45) is 2.15. The molecule has 2 rings (SSSR count). The Bertz CT molecular complexity index is 705. The minimum absolute atomic E-state index is 0.00415. The SMILES string of the molecule is NCCCCC(=O)Nc1ccc(Nc2ccc(N=C(N)N)cc2)cc1. The molecule has 0 saturated heterocycles. The van der Waals surface area contributed by atoms with Crippen LogP contribution in [-0.4, -0.2) is 18.4 Å². The molecule has 2 aromatic carbocycles. The van der Waals surface area contributed by atoms with E-state index < -0.39 is 0 Å². The molecular weight excluding hydrogens is 316 g/mol. The Balaban J connectivity index is 1.89. The molecule has 7 heteroatoms. The maximum atomic E-state index is 11.8. The number of anilines is 3. The van der Waals surface area contributed by atoms with Crippen molar-refractivity contribution < 1.29 is 4.79 Å². The molecule has 0 aliphatic carbocycles. The van der Waals surface area contributed by atoms with Gasteiger partial charge in [-0.1, -0.05) is 0 Å². The monoisotopic (exact) mass is 340 g/mol. The Labute approximate surface area is 147 Å². The molecule has 8 N–H and O–H groups in total. The molecule has 7 nitrogen and oxygen atoms in total. The van der Waals surface area contributed by atoms with Crippen molar-refractivity contribution in [2.24, 2.45) is 22.2 Å². The number of aliphatic imine (C=N–C) groups is 1. The Kier molecular flexibility index (Phi) is 6.79. The number of unbranched alkanes of at least 4 members (excludes halogenated alkanes) is 1. The summed E-state index contributed by atoms with van der Waals surface area (Å²) in [4.78, 5) is 15.7. The maximum absolute atomic E-state index is 11.8. The van der Waals surface area contributed by atoms with Crippen LogP contribution in [0.5, 0.6) is 0 Å². The molecule has 0 aromatic heterocycles. The number of nitrogens with two attached hydrogens (primary N) is 3. The van der Waals surface area contributed by atoms with E-state index in [-0.39, 0.29) is 11.9 Å². The minimum Gasteiger partial charge on any atom is -0.370 e. The highest BCUT2D eigenvalue weighted by Crippen LogP contribution is 2.21. The van der Waals surface area contributed by atoms with Gasteiger partial charge in [-0.2, -0.15) is 0 Å². The van der Waals surface area contributed by atoms with Gasteiger partial charge in [0.1, 0.15) is 0 Å². The topological polar surface area (TPSA) is 132 Å². The number of nitrogens with zero attached hydrogens (tertiary/aromatic N) is 1. The van der Waals surface area contributed by atoms with Crippen molar-refractivity contribution in [2.45, 2.75) is 19.3 Å². The first kappa shape index (κ1) is 18.3. The first-order valence-electron chi connectivity index (χ1n) is 8.13. The Morgan fingerprint density at radius 1 is 0.880 bits per heavy atom. The molecule has 1 amide bonds.